The summed E-state index contributed by atoms with van der Waals surface area (Å²) in [5.41, 5.74) is 5.06. The lowest BCUT2D eigenvalue weighted by Gasteiger charge is -2.41. The van der Waals surface area contributed by atoms with Crippen LogP contribution in [0.3, 0.4) is 0 Å². The molecule has 1 fully saturated rings. The predicted octanol–water partition coefficient (Wildman–Crippen LogP) is 5.97. The first-order valence-corrected chi connectivity index (χ1v) is 12.1. The Morgan fingerprint density at radius 2 is 1.61 bits per heavy atom. The van der Waals surface area contributed by atoms with Crippen molar-refractivity contribution < 1.29 is 19.1 Å². The molecule has 1 spiro atoms. The van der Waals surface area contributed by atoms with E-state index in [9.17, 15) is 9.59 Å². The van der Waals surface area contributed by atoms with Crippen LogP contribution in [0.25, 0.3) is 5.57 Å². The van der Waals surface area contributed by atoms with E-state index in [0.29, 0.717) is 37.4 Å². The summed E-state index contributed by atoms with van der Waals surface area (Å²) in [7, 11) is 0. The predicted molar refractivity (Wildman–Crippen MR) is 124 cm³/mol. The molecule has 0 unspecified atom stereocenters. The minimum atomic E-state index is -0.197. The van der Waals surface area contributed by atoms with Gasteiger partial charge in [-0.2, -0.15) is 0 Å². The van der Waals surface area contributed by atoms with Crippen LogP contribution in [-0.4, -0.2) is 25.0 Å². The second-order valence-electron chi connectivity index (χ2n) is 9.29. The number of allylic oxidation sites excluding steroid dienone is 2. The molecule has 0 N–H and O–H groups in total. The van der Waals surface area contributed by atoms with Crippen LogP contribution in [0.2, 0.25) is 0 Å². The number of rotatable bonds is 7. The quantitative estimate of drug-likeness (QED) is 0.504. The molecule has 1 aliphatic heterocycles. The molecule has 0 bridgehead atoms. The van der Waals surface area contributed by atoms with E-state index in [1.165, 1.54) is 16.7 Å². The van der Waals surface area contributed by atoms with Crippen molar-refractivity contribution in [1.82, 2.24) is 0 Å². The Labute approximate surface area is 187 Å². The van der Waals surface area contributed by atoms with Crippen molar-refractivity contribution in [2.45, 2.75) is 86.0 Å². The Kier molecular flexibility index (Phi) is 7.74. The molecule has 2 aliphatic rings. The first kappa shape index (κ1) is 23.7. The van der Waals surface area contributed by atoms with Crippen LogP contribution in [0.1, 0.15) is 88.5 Å². The van der Waals surface area contributed by atoms with E-state index in [-0.39, 0.29) is 23.1 Å². The maximum absolute atomic E-state index is 13.7. The van der Waals surface area contributed by atoms with Gasteiger partial charge in [-0.25, -0.2) is 0 Å². The Morgan fingerprint density at radius 1 is 1.03 bits per heavy atom. The summed E-state index contributed by atoms with van der Waals surface area (Å²) in [5.74, 6) is 0.389. The van der Waals surface area contributed by atoms with Gasteiger partial charge in [-0.15, -0.1) is 0 Å². The normalized spacial score (nSPS) is 18.7. The molecular formula is C27H38O4. The van der Waals surface area contributed by atoms with Gasteiger partial charge in [-0.1, -0.05) is 45.4 Å². The van der Waals surface area contributed by atoms with Gasteiger partial charge in [-0.3, -0.25) is 9.59 Å². The van der Waals surface area contributed by atoms with E-state index in [4.69, 9.17) is 9.47 Å². The highest BCUT2D eigenvalue weighted by molar-refractivity contribution is 6.23. The summed E-state index contributed by atoms with van der Waals surface area (Å²) in [5, 5.41) is 0. The molecule has 0 amide bonds. The lowest BCUT2D eigenvalue weighted by atomic mass is 9.67. The zero-order chi connectivity index (χ0) is 22.6. The zero-order valence-electron chi connectivity index (χ0n) is 19.9. The van der Waals surface area contributed by atoms with Gasteiger partial charge in [0.05, 0.1) is 11.5 Å². The topological polar surface area (TPSA) is 52.6 Å². The average molecular weight is 427 g/mol. The van der Waals surface area contributed by atoms with Crippen molar-refractivity contribution in [3.63, 3.8) is 0 Å². The highest BCUT2D eigenvalue weighted by atomic mass is 16.5. The fraction of sp³-hybridized carbons (Fsp3) is 0.630. The fourth-order valence-electron chi connectivity index (χ4n) is 5.25. The molecule has 1 aromatic rings. The van der Waals surface area contributed by atoms with E-state index in [2.05, 4.69) is 32.9 Å². The summed E-state index contributed by atoms with van der Waals surface area (Å²) in [6, 6.07) is 4.35. The largest absolute Gasteiger partial charge is 0.430 e. The summed E-state index contributed by atoms with van der Waals surface area (Å²) in [6.07, 6.45) is 6.01. The first-order valence-electron chi connectivity index (χ1n) is 12.1. The number of hydrogen-bond acceptors (Lipinski definition) is 4. The number of carbonyl (C=O) groups is 2. The number of ether oxygens (including phenoxy) is 2. The molecule has 1 aromatic carbocycles. The van der Waals surface area contributed by atoms with Crippen LogP contribution in [0.5, 0.6) is 0 Å². The van der Waals surface area contributed by atoms with E-state index in [1.807, 2.05) is 13.8 Å². The second kappa shape index (κ2) is 10.1. The van der Waals surface area contributed by atoms with Gasteiger partial charge < -0.3 is 9.47 Å². The Morgan fingerprint density at radius 3 is 2.13 bits per heavy atom. The highest BCUT2D eigenvalue weighted by Crippen LogP contribution is 2.48. The van der Waals surface area contributed by atoms with Crippen molar-refractivity contribution in [2.24, 2.45) is 11.3 Å². The number of esters is 1. The molecule has 3 rings (SSSR count). The van der Waals surface area contributed by atoms with Crippen molar-refractivity contribution in [2.75, 3.05) is 13.2 Å². The zero-order valence-corrected chi connectivity index (χ0v) is 19.9. The summed E-state index contributed by atoms with van der Waals surface area (Å²) < 4.78 is 11.7. The van der Waals surface area contributed by atoms with Gasteiger partial charge in [-0.05, 0) is 67.6 Å². The molecule has 4 nitrogen and oxygen atoms in total. The summed E-state index contributed by atoms with van der Waals surface area (Å²) in [6.45, 7) is 11.7. The number of Topliss-reactive ketones (excluding diaryl/α,β-unsaturated/α-hetero) is 1. The number of ketones is 1. The van der Waals surface area contributed by atoms with Gasteiger partial charge >= 0.3 is 5.97 Å². The highest BCUT2D eigenvalue weighted by Gasteiger charge is 2.43. The first-order chi connectivity index (χ1) is 14.9. The maximum Gasteiger partial charge on any atom is 0.314 e. The van der Waals surface area contributed by atoms with Gasteiger partial charge in [0.25, 0.3) is 0 Å². The molecule has 1 saturated heterocycles. The van der Waals surface area contributed by atoms with E-state index >= 15 is 0 Å². The van der Waals surface area contributed by atoms with Gasteiger partial charge in [0.2, 0.25) is 0 Å². The van der Waals surface area contributed by atoms with Gasteiger partial charge in [0, 0.05) is 26.1 Å². The third-order valence-electron chi connectivity index (χ3n) is 7.18. The second-order valence-corrected chi connectivity index (χ2v) is 9.29. The third kappa shape index (κ3) is 4.95. The monoisotopic (exact) mass is 426 g/mol. The molecule has 0 saturated carbocycles. The molecule has 0 atom stereocenters. The molecule has 1 aliphatic carbocycles. The fourth-order valence-corrected chi connectivity index (χ4v) is 5.25. The van der Waals surface area contributed by atoms with Crippen LogP contribution >= 0.6 is 0 Å². The SMILES string of the molecule is CCc1cc(C)cc(CC)c1C1=C(OC(=O)C(CC)CC)CC2(CCOCC2)CC1=O. The molecule has 0 aromatic heterocycles. The lowest BCUT2D eigenvalue weighted by Crippen LogP contribution is -2.37. The van der Waals surface area contributed by atoms with Gasteiger partial charge in [0.15, 0.2) is 5.78 Å². The number of hydrogen-bond donors (Lipinski definition) is 0. The minimum absolute atomic E-state index is 0.119. The van der Waals surface area contributed by atoms with Crippen LogP contribution in [-0.2, 0) is 31.9 Å². The smallest absolute Gasteiger partial charge is 0.314 e. The molecular weight excluding hydrogens is 388 g/mol. The van der Waals surface area contributed by atoms with Crippen molar-refractivity contribution in [1.29, 1.82) is 0 Å². The summed E-state index contributed by atoms with van der Waals surface area (Å²) >= 11 is 0. The van der Waals surface area contributed by atoms with Crippen LogP contribution in [0.4, 0.5) is 0 Å². The number of benzene rings is 1. The average Bonchev–Trinajstić information content (AvgIpc) is 2.75. The third-order valence-corrected chi connectivity index (χ3v) is 7.18. The number of aryl methyl sites for hydroxylation is 3. The van der Waals surface area contributed by atoms with Crippen molar-refractivity contribution in [3.05, 3.63) is 40.1 Å². The Hall–Kier alpha value is -1.94. The Balaban J connectivity index is 2.16. The summed E-state index contributed by atoms with van der Waals surface area (Å²) in [4.78, 5) is 26.7. The molecule has 1 heterocycles. The van der Waals surface area contributed by atoms with E-state index in [0.717, 1.165) is 44.1 Å². The molecule has 0 radical (unpaired) electrons. The maximum atomic E-state index is 13.7. The molecule has 31 heavy (non-hydrogen) atoms. The van der Waals surface area contributed by atoms with Crippen LogP contribution < -0.4 is 0 Å². The van der Waals surface area contributed by atoms with Crippen LogP contribution in [0.15, 0.2) is 17.9 Å². The minimum Gasteiger partial charge on any atom is -0.430 e. The Bertz CT molecular complexity index is 829. The number of carbonyl (C=O) groups excluding carboxylic acids is 2. The van der Waals surface area contributed by atoms with Gasteiger partial charge in [0.1, 0.15) is 5.76 Å². The standard InChI is InChI=1S/C27H38O4/c1-6-19(7-2)26(29)31-23-17-27(10-12-30-13-11-27)16-22(28)25(23)24-20(8-3)14-18(5)15-21(24)9-4/h14-15,19H,6-13,16-17H2,1-5H3. The van der Waals surface area contributed by atoms with Crippen molar-refractivity contribution in [3.8, 4) is 0 Å². The van der Waals surface area contributed by atoms with E-state index in [1.54, 1.807) is 0 Å². The van der Waals surface area contributed by atoms with E-state index < -0.39 is 0 Å². The van der Waals surface area contributed by atoms with Crippen LogP contribution in [0, 0.1) is 18.3 Å². The molecule has 4 heteroatoms. The molecule has 170 valence electrons. The van der Waals surface area contributed by atoms with Crippen molar-refractivity contribution >= 4 is 17.3 Å². The lowest BCUT2D eigenvalue weighted by molar-refractivity contribution is -0.145.